The van der Waals surface area contributed by atoms with Crippen LogP contribution in [0, 0.1) is 0 Å². The normalized spacial score (nSPS) is 14.3. The van der Waals surface area contributed by atoms with Crippen LogP contribution in [-0.4, -0.2) is 25.2 Å². The molecule has 122 valence electrons. The van der Waals surface area contributed by atoms with Crippen molar-refractivity contribution in [3.63, 3.8) is 0 Å². The van der Waals surface area contributed by atoms with Gasteiger partial charge < -0.3 is 15.0 Å². The number of benzene rings is 1. The lowest BCUT2D eigenvalue weighted by atomic mass is 10.2. The van der Waals surface area contributed by atoms with Crippen molar-refractivity contribution in [3.8, 4) is 5.75 Å². The molecule has 1 aromatic heterocycles. The molecular weight excluding hydrogens is 354 g/mol. The fourth-order valence-corrected chi connectivity index (χ4v) is 3.29. The summed E-state index contributed by atoms with van der Waals surface area (Å²) in [6, 6.07) is 10.3. The summed E-state index contributed by atoms with van der Waals surface area (Å²) in [7, 11) is 1.70. The van der Waals surface area contributed by atoms with Gasteiger partial charge in [-0.15, -0.1) is 0 Å². The lowest BCUT2D eigenvalue weighted by Crippen LogP contribution is -2.19. The molecule has 0 unspecified atom stereocenters. The van der Waals surface area contributed by atoms with E-state index in [2.05, 4.69) is 49.3 Å². The molecular formula is C18H22BrN3O. The van der Waals surface area contributed by atoms with Crippen molar-refractivity contribution in [3.05, 3.63) is 52.1 Å². The molecule has 1 saturated heterocycles. The summed E-state index contributed by atoms with van der Waals surface area (Å²) in [5.41, 5.74) is 2.34. The molecule has 3 rings (SSSR count). The van der Waals surface area contributed by atoms with Crippen LogP contribution in [0.25, 0.3) is 0 Å². The number of halogens is 1. The molecule has 2 aromatic rings. The lowest BCUT2D eigenvalue weighted by Gasteiger charge is -2.16. The number of pyridine rings is 1. The molecule has 1 N–H and O–H groups in total. The summed E-state index contributed by atoms with van der Waals surface area (Å²) in [6.07, 6.45) is 4.53. The van der Waals surface area contributed by atoms with Crippen molar-refractivity contribution in [1.82, 2.24) is 10.3 Å². The largest absolute Gasteiger partial charge is 0.496 e. The Morgan fingerprint density at radius 1 is 1.17 bits per heavy atom. The van der Waals surface area contributed by atoms with Gasteiger partial charge in [-0.3, -0.25) is 0 Å². The second kappa shape index (κ2) is 7.79. The van der Waals surface area contributed by atoms with Crippen molar-refractivity contribution >= 4 is 21.7 Å². The maximum atomic E-state index is 5.40. The zero-order valence-corrected chi connectivity index (χ0v) is 15.0. The second-order valence-corrected chi connectivity index (χ2v) is 6.69. The van der Waals surface area contributed by atoms with Crippen LogP contribution in [0.15, 0.2) is 41.0 Å². The van der Waals surface area contributed by atoms with Crippen LogP contribution in [0.4, 0.5) is 5.82 Å². The van der Waals surface area contributed by atoms with Crippen molar-refractivity contribution in [2.75, 3.05) is 25.1 Å². The fourth-order valence-electron chi connectivity index (χ4n) is 2.88. The summed E-state index contributed by atoms with van der Waals surface area (Å²) in [4.78, 5) is 6.94. The molecule has 1 aliphatic heterocycles. The number of aromatic nitrogens is 1. The third-order valence-electron chi connectivity index (χ3n) is 4.13. The van der Waals surface area contributed by atoms with Crippen molar-refractivity contribution in [1.29, 1.82) is 0 Å². The molecule has 0 aliphatic carbocycles. The molecule has 1 aromatic carbocycles. The van der Waals surface area contributed by atoms with Gasteiger partial charge in [0, 0.05) is 42.4 Å². The van der Waals surface area contributed by atoms with Gasteiger partial charge in [-0.2, -0.15) is 0 Å². The van der Waals surface area contributed by atoms with E-state index < -0.39 is 0 Å². The average molecular weight is 376 g/mol. The van der Waals surface area contributed by atoms with E-state index in [0.717, 1.165) is 47.8 Å². The minimum Gasteiger partial charge on any atom is -0.496 e. The van der Waals surface area contributed by atoms with Crippen LogP contribution >= 0.6 is 15.9 Å². The number of ether oxygens (including phenoxy) is 1. The van der Waals surface area contributed by atoms with E-state index in [-0.39, 0.29) is 0 Å². The molecule has 0 spiro atoms. The number of hydrogen-bond acceptors (Lipinski definition) is 4. The molecule has 0 radical (unpaired) electrons. The first-order valence-electron chi connectivity index (χ1n) is 7.99. The number of rotatable bonds is 6. The first-order chi connectivity index (χ1) is 11.3. The maximum absolute atomic E-state index is 5.40. The summed E-state index contributed by atoms with van der Waals surface area (Å²) in [5, 5.41) is 3.45. The predicted octanol–water partition coefficient (Wildman–Crippen LogP) is 3.74. The van der Waals surface area contributed by atoms with Gasteiger partial charge in [-0.05, 0) is 42.7 Å². The smallest absolute Gasteiger partial charge is 0.128 e. The SMILES string of the molecule is COc1ccc(Br)cc1CNCc1ccc(N2CCCC2)nc1. The molecule has 4 nitrogen and oxygen atoms in total. The maximum Gasteiger partial charge on any atom is 0.128 e. The van der Waals surface area contributed by atoms with Crippen LogP contribution in [0.1, 0.15) is 24.0 Å². The number of hydrogen-bond donors (Lipinski definition) is 1. The summed E-state index contributed by atoms with van der Waals surface area (Å²) < 4.78 is 6.46. The molecule has 0 amide bonds. The Bertz CT molecular complexity index is 639. The van der Waals surface area contributed by atoms with Gasteiger partial charge in [0.1, 0.15) is 11.6 Å². The van der Waals surface area contributed by atoms with Gasteiger partial charge in [0.2, 0.25) is 0 Å². The van der Waals surface area contributed by atoms with E-state index in [1.54, 1.807) is 7.11 Å². The van der Waals surface area contributed by atoms with E-state index in [9.17, 15) is 0 Å². The molecule has 1 aliphatic rings. The third kappa shape index (κ3) is 4.24. The zero-order chi connectivity index (χ0) is 16.1. The van der Waals surface area contributed by atoms with Crippen LogP contribution in [-0.2, 0) is 13.1 Å². The van der Waals surface area contributed by atoms with E-state index in [4.69, 9.17) is 4.74 Å². The lowest BCUT2D eigenvalue weighted by molar-refractivity contribution is 0.407. The topological polar surface area (TPSA) is 37.4 Å². The number of methoxy groups -OCH3 is 1. The van der Waals surface area contributed by atoms with Gasteiger partial charge in [0.15, 0.2) is 0 Å². The Hall–Kier alpha value is -1.59. The molecule has 0 saturated carbocycles. The highest BCUT2D eigenvalue weighted by Gasteiger charge is 2.12. The Labute approximate surface area is 146 Å². The molecule has 2 heterocycles. The number of nitrogens with one attached hydrogen (secondary N) is 1. The average Bonchev–Trinajstić information content (AvgIpc) is 3.10. The summed E-state index contributed by atoms with van der Waals surface area (Å²) in [5.74, 6) is 2.00. The second-order valence-electron chi connectivity index (χ2n) is 5.78. The predicted molar refractivity (Wildman–Crippen MR) is 96.9 cm³/mol. The Morgan fingerprint density at radius 2 is 2.00 bits per heavy atom. The highest BCUT2D eigenvalue weighted by atomic mass is 79.9. The van der Waals surface area contributed by atoms with Crippen LogP contribution in [0.3, 0.4) is 0 Å². The van der Waals surface area contributed by atoms with Crippen molar-refractivity contribution in [2.24, 2.45) is 0 Å². The minimum atomic E-state index is 0.760. The summed E-state index contributed by atoms with van der Waals surface area (Å²) in [6.45, 7) is 3.82. The highest BCUT2D eigenvalue weighted by Crippen LogP contribution is 2.23. The standard InChI is InChI=1S/C18H22BrN3O/c1-23-17-6-5-16(19)10-15(17)13-20-11-14-4-7-18(21-12-14)22-8-2-3-9-22/h4-7,10,12,20H,2-3,8-9,11,13H2,1H3. The van der Waals surface area contributed by atoms with Crippen LogP contribution in [0.2, 0.25) is 0 Å². The van der Waals surface area contributed by atoms with E-state index in [1.807, 2.05) is 18.3 Å². The van der Waals surface area contributed by atoms with Gasteiger partial charge in [0.25, 0.3) is 0 Å². The first kappa shape index (κ1) is 16.3. The van der Waals surface area contributed by atoms with Crippen molar-refractivity contribution < 1.29 is 4.74 Å². The zero-order valence-electron chi connectivity index (χ0n) is 13.4. The van der Waals surface area contributed by atoms with E-state index in [1.165, 1.54) is 18.4 Å². The summed E-state index contributed by atoms with van der Waals surface area (Å²) >= 11 is 3.50. The van der Waals surface area contributed by atoms with Gasteiger partial charge >= 0.3 is 0 Å². The number of anilines is 1. The molecule has 23 heavy (non-hydrogen) atoms. The number of nitrogens with zero attached hydrogens (tertiary/aromatic N) is 2. The molecule has 5 heteroatoms. The molecule has 1 fully saturated rings. The molecule has 0 bridgehead atoms. The van der Waals surface area contributed by atoms with E-state index in [0.29, 0.717) is 0 Å². The Kier molecular flexibility index (Phi) is 5.51. The fraction of sp³-hybridized carbons (Fsp3) is 0.389. The van der Waals surface area contributed by atoms with Crippen LogP contribution in [0.5, 0.6) is 5.75 Å². The van der Waals surface area contributed by atoms with Crippen LogP contribution < -0.4 is 15.0 Å². The first-order valence-corrected chi connectivity index (χ1v) is 8.78. The monoisotopic (exact) mass is 375 g/mol. The third-order valence-corrected chi connectivity index (χ3v) is 4.62. The quantitative estimate of drug-likeness (QED) is 0.834. The van der Waals surface area contributed by atoms with Gasteiger partial charge in [-0.25, -0.2) is 4.98 Å². The van der Waals surface area contributed by atoms with Gasteiger partial charge in [-0.1, -0.05) is 22.0 Å². The van der Waals surface area contributed by atoms with Crippen molar-refractivity contribution in [2.45, 2.75) is 25.9 Å². The van der Waals surface area contributed by atoms with Gasteiger partial charge in [0.05, 0.1) is 7.11 Å². The Morgan fingerprint density at radius 3 is 2.70 bits per heavy atom. The minimum absolute atomic E-state index is 0.760. The van der Waals surface area contributed by atoms with E-state index >= 15 is 0 Å². The Balaban J connectivity index is 1.55. The molecule has 0 atom stereocenters. The highest BCUT2D eigenvalue weighted by molar-refractivity contribution is 9.10.